The van der Waals surface area contributed by atoms with Gasteiger partial charge in [0.05, 0.1) is 12.6 Å². The van der Waals surface area contributed by atoms with Crippen molar-refractivity contribution in [2.75, 3.05) is 12.8 Å². The molecule has 3 N–H and O–H groups in total. The summed E-state index contributed by atoms with van der Waals surface area (Å²) in [5.41, 5.74) is 9.02. The summed E-state index contributed by atoms with van der Waals surface area (Å²) in [7, 11) is 1.55. The van der Waals surface area contributed by atoms with E-state index in [4.69, 9.17) is 10.2 Å². The van der Waals surface area contributed by atoms with Crippen LogP contribution in [0.3, 0.4) is 0 Å². The van der Waals surface area contributed by atoms with Gasteiger partial charge in [-0.1, -0.05) is 39.0 Å². The molecule has 0 aliphatic carbocycles. The standard InChI is InChI=1S/C20H23BrN6O3/c1-20(2,3)13-7-11(5-6-12(13)10-27(4)19(28)29)8-15-25-26-18(30-15)16-17(22)23-9-14(21)24-16/h5-7,9H,8,10H2,1-4H3,(H2,22,23)(H,28,29). The van der Waals surface area contributed by atoms with E-state index in [1.165, 1.54) is 11.1 Å². The smallest absolute Gasteiger partial charge is 0.407 e. The molecule has 0 spiro atoms. The lowest BCUT2D eigenvalue weighted by atomic mass is 9.82. The Kier molecular flexibility index (Phi) is 6.06. The molecule has 0 unspecified atom stereocenters. The maximum Gasteiger partial charge on any atom is 0.407 e. The number of aromatic nitrogens is 4. The van der Waals surface area contributed by atoms with E-state index < -0.39 is 6.09 Å². The van der Waals surface area contributed by atoms with Crippen LogP contribution in [-0.2, 0) is 18.4 Å². The number of rotatable bonds is 5. The van der Waals surface area contributed by atoms with Gasteiger partial charge in [-0.25, -0.2) is 14.8 Å². The molecule has 2 aromatic heterocycles. The largest absolute Gasteiger partial charge is 0.465 e. The van der Waals surface area contributed by atoms with Crippen LogP contribution in [0.4, 0.5) is 10.6 Å². The van der Waals surface area contributed by atoms with Crippen molar-refractivity contribution < 1.29 is 14.3 Å². The second-order valence-electron chi connectivity index (χ2n) is 7.98. The fraction of sp³-hybridized carbons (Fsp3) is 0.350. The van der Waals surface area contributed by atoms with Crippen molar-refractivity contribution in [3.63, 3.8) is 0 Å². The lowest BCUT2D eigenvalue weighted by molar-refractivity contribution is 0.153. The summed E-state index contributed by atoms with van der Waals surface area (Å²) in [6.07, 6.45) is 0.951. The Hall–Kier alpha value is -3.01. The highest BCUT2D eigenvalue weighted by atomic mass is 79.9. The molecule has 1 amide bonds. The number of anilines is 1. The Morgan fingerprint density at radius 1 is 1.30 bits per heavy atom. The van der Waals surface area contributed by atoms with Crippen LogP contribution < -0.4 is 5.73 Å². The lowest BCUT2D eigenvalue weighted by Crippen LogP contribution is -2.26. The molecule has 0 atom stereocenters. The minimum atomic E-state index is -0.966. The van der Waals surface area contributed by atoms with E-state index in [0.29, 0.717) is 29.2 Å². The molecule has 10 heteroatoms. The number of halogens is 1. The van der Waals surface area contributed by atoms with E-state index in [-0.39, 0.29) is 17.1 Å². The molecule has 2 heterocycles. The quantitative estimate of drug-likeness (QED) is 0.569. The molecular weight excluding hydrogens is 452 g/mol. The fourth-order valence-corrected chi connectivity index (χ4v) is 3.30. The molecular formula is C20H23BrN6O3. The normalized spacial score (nSPS) is 11.5. The van der Waals surface area contributed by atoms with Crippen LogP contribution in [0.15, 0.2) is 33.4 Å². The third-order valence-corrected chi connectivity index (χ3v) is 4.89. The van der Waals surface area contributed by atoms with Crippen LogP contribution in [0.5, 0.6) is 0 Å². The minimum absolute atomic E-state index is 0.162. The van der Waals surface area contributed by atoms with Crippen LogP contribution in [0, 0.1) is 0 Å². The minimum Gasteiger partial charge on any atom is -0.465 e. The molecule has 158 valence electrons. The van der Waals surface area contributed by atoms with Gasteiger partial charge in [-0.3, -0.25) is 0 Å². The maximum absolute atomic E-state index is 11.2. The second kappa shape index (κ2) is 8.39. The summed E-state index contributed by atoms with van der Waals surface area (Å²) >= 11 is 3.25. The van der Waals surface area contributed by atoms with Gasteiger partial charge in [0, 0.05) is 13.6 Å². The van der Waals surface area contributed by atoms with Crippen LogP contribution in [0.25, 0.3) is 11.6 Å². The molecule has 30 heavy (non-hydrogen) atoms. The zero-order valence-corrected chi connectivity index (χ0v) is 18.8. The van der Waals surface area contributed by atoms with Gasteiger partial charge >= 0.3 is 6.09 Å². The van der Waals surface area contributed by atoms with Gasteiger partial charge < -0.3 is 20.2 Å². The van der Waals surface area contributed by atoms with Gasteiger partial charge in [-0.15, -0.1) is 10.2 Å². The summed E-state index contributed by atoms with van der Waals surface area (Å²) in [6.45, 7) is 6.59. The van der Waals surface area contributed by atoms with Gasteiger partial charge in [-0.05, 0) is 38.0 Å². The molecule has 0 radical (unpaired) electrons. The average molecular weight is 475 g/mol. The van der Waals surface area contributed by atoms with E-state index in [9.17, 15) is 9.90 Å². The highest BCUT2D eigenvalue weighted by molar-refractivity contribution is 9.10. The molecule has 3 rings (SSSR count). The van der Waals surface area contributed by atoms with Crippen LogP contribution in [0.2, 0.25) is 0 Å². The highest BCUT2D eigenvalue weighted by Gasteiger charge is 2.21. The van der Waals surface area contributed by atoms with E-state index in [1.807, 2.05) is 12.1 Å². The third kappa shape index (κ3) is 4.93. The number of hydrogen-bond donors (Lipinski definition) is 2. The van der Waals surface area contributed by atoms with E-state index in [2.05, 4.69) is 62.9 Å². The highest BCUT2D eigenvalue weighted by Crippen LogP contribution is 2.29. The SMILES string of the molecule is CN(Cc1ccc(Cc2nnc(-c3nc(Br)cnc3N)o2)cc1C(C)(C)C)C(=O)O. The molecule has 0 saturated carbocycles. The van der Waals surface area contributed by atoms with Crippen molar-refractivity contribution in [3.8, 4) is 11.6 Å². The first-order valence-electron chi connectivity index (χ1n) is 9.21. The molecule has 0 aliphatic heterocycles. The van der Waals surface area contributed by atoms with Gasteiger partial charge in [-0.2, -0.15) is 0 Å². The number of benzene rings is 1. The number of hydrogen-bond acceptors (Lipinski definition) is 7. The first-order chi connectivity index (χ1) is 14.0. The number of nitrogens with two attached hydrogens (primary N) is 1. The monoisotopic (exact) mass is 474 g/mol. The number of carboxylic acid groups (broad SMARTS) is 1. The Labute approximate surface area is 182 Å². The van der Waals surface area contributed by atoms with E-state index in [1.54, 1.807) is 7.05 Å². The molecule has 0 aliphatic rings. The Morgan fingerprint density at radius 2 is 2.03 bits per heavy atom. The van der Waals surface area contributed by atoms with Gasteiger partial charge in [0.15, 0.2) is 11.5 Å². The molecule has 1 aromatic carbocycles. The fourth-order valence-electron chi connectivity index (χ4n) is 3.02. The summed E-state index contributed by atoms with van der Waals surface area (Å²) in [4.78, 5) is 20.7. The van der Waals surface area contributed by atoms with E-state index >= 15 is 0 Å². The van der Waals surface area contributed by atoms with Crippen LogP contribution >= 0.6 is 15.9 Å². The third-order valence-electron chi connectivity index (χ3n) is 4.51. The van der Waals surface area contributed by atoms with Crippen LogP contribution in [-0.4, -0.2) is 43.3 Å². The summed E-state index contributed by atoms with van der Waals surface area (Å²) in [5, 5.41) is 17.3. The predicted octanol–water partition coefficient (Wildman–Crippen LogP) is 3.87. The average Bonchev–Trinajstić information content (AvgIpc) is 3.12. The zero-order valence-electron chi connectivity index (χ0n) is 17.2. The van der Waals surface area contributed by atoms with Crippen molar-refractivity contribution in [3.05, 3.63) is 51.6 Å². The first-order valence-corrected chi connectivity index (χ1v) is 10.0. The van der Waals surface area contributed by atoms with Crippen molar-refractivity contribution in [1.29, 1.82) is 0 Å². The predicted molar refractivity (Wildman–Crippen MR) is 115 cm³/mol. The van der Waals surface area contributed by atoms with Crippen molar-refractivity contribution in [2.45, 2.75) is 39.2 Å². The molecule has 3 aromatic rings. The van der Waals surface area contributed by atoms with Gasteiger partial charge in [0.2, 0.25) is 5.89 Å². The van der Waals surface area contributed by atoms with Crippen molar-refractivity contribution in [2.24, 2.45) is 0 Å². The molecule has 0 saturated heterocycles. The van der Waals surface area contributed by atoms with Crippen molar-refractivity contribution >= 4 is 27.8 Å². The van der Waals surface area contributed by atoms with Crippen LogP contribution in [0.1, 0.15) is 43.4 Å². The zero-order chi connectivity index (χ0) is 22.1. The van der Waals surface area contributed by atoms with Crippen molar-refractivity contribution in [1.82, 2.24) is 25.1 Å². The maximum atomic E-state index is 11.2. The summed E-state index contributed by atoms with van der Waals surface area (Å²) < 4.78 is 6.27. The Bertz CT molecular complexity index is 1080. The number of carbonyl (C=O) groups is 1. The Balaban J connectivity index is 1.88. The van der Waals surface area contributed by atoms with E-state index in [0.717, 1.165) is 16.7 Å². The Morgan fingerprint density at radius 3 is 2.70 bits per heavy atom. The number of nitrogen functional groups attached to an aromatic ring is 1. The van der Waals surface area contributed by atoms with Gasteiger partial charge in [0.25, 0.3) is 5.89 Å². The molecule has 0 fully saturated rings. The molecule has 0 bridgehead atoms. The summed E-state index contributed by atoms with van der Waals surface area (Å²) in [6, 6.07) is 5.95. The van der Waals surface area contributed by atoms with Gasteiger partial charge in [0.1, 0.15) is 4.60 Å². The second-order valence-corrected chi connectivity index (χ2v) is 8.80. The lowest BCUT2D eigenvalue weighted by Gasteiger charge is -2.25. The molecule has 9 nitrogen and oxygen atoms in total. The topological polar surface area (TPSA) is 131 Å². The number of amides is 1. The first kappa shape index (κ1) is 21.7. The number of nitrogens with zero attached hydrogens (tertiary/aromatic N) is 5. The summed E-state index contributed by atoms with van der Waals surface area (Å²) in [5.74, 6) is 0.823.